The minimum absolute atomic E-state index is 0.0344. The summed E-state index contributed by atoms with van der Waals surface area (Å²) in [5.41, 5.74) is 3.40. The topological polar surface area (TPSA) is 73.2 Å². The van der Waals surface area contributed by atoms with Crippen LogP contribution in [0.3, 0.4) is 0 Å². The molecular weight excluding hydrogens is 330 g/mol. The van der Waals surface area contributed by atoms with E-state index in [-0.39, 0.29) is 24.0 Å². The molecule has 0 saturated carbocycles. The summed E-state index contributed by atoms with van der Waals surface area (Å²) in [6, 6.07) is 7.20. The molecule has 2 rings (SSSR count). The van der Waals surface area contributed by atoms with Gasteiger partial charge in [0.1, 0.15) is 5.75 Å². The molecule has 1 heterocycles. The largest absolute Gasteiger partial charge is 0.496 e. The molecule has 140 valence electrons. The van der Waals surface area contributed by atoms with E-state index >= 15 is 0 Å². The van der Waals surface area contributed by atoms with Crippen LogP contribution in [0.2, 0.25) is 0 Å². The van der Waals surface area contributed by atoms with Crippen molar-refractivity contribution in [2.45, 2.75) is 40.7 Å². The third-order valence-corrected chi connectivity index (χ3v) is 4.27. The first-order chi connectivity index (χ1) is 12.3. The molecule has 0 aliphatic rings. The second-order valence-electron chi connectivity index (χ2n) is 6.78. The maximum absolute atomic E-state index is 12.3. The number of benzene rings is 1. The van der Waals surface area contributed by atoms with Gasteiger partial charge in [-0.25, -0.2) is 0 Å². The number of rotatable bonds is 8. The van der Waals surface area contributed by atoms with Gasteiger partial charge in [-0.15, -0.1) is 0 Å². The molecule has 0 saturated heterocycles. The molecule has 0 bridgehead atoms. The molecule has 1 N–H and O–H groups in total. The van der Waals surface area contributed by atoms with Crippen molar-refractivity contribution in [1.82, 2.24) is 15.1 Å². The van der Waals surface area contributed by atoms with Crippen LogP contribution < -0.4 is 10.1 Å². The zero-order chi connectivity index (χ0) is 19.3. The summed E-state index contributed by atoms with van der Waals surface area (Å²) in [6.45, 7) is 8.90. The van der Waals surface area contributed by atoms with Crippen molar-refractivity contribution < 1.29 is 14.3 Å². The van der Waals surface area contributed by atoms with Crippen LogP contribution in [0.25, 0.3) is 0 Å². The van der Waals surface area contributed by atoms with Crippen LogP contribution in [-0.4, -0.2) is 35.1 Å². The summed E-state index contributed by atoms with van der Waals surface area (Å²) in [4.78, 5) is 23.9. The molecule has 0 aliphatic carbocycles. The standard InChI is InChI=1S/C20H27N3O3/c1-13(12-23-15(3)8-14(2)22-23)11-21-20(25)10-18-9-17(16(4)24)6-7-19(18)26-5/h6-9,13H,10-12H2,1-5H3,(H,21,25)/t13-/m0/s1. The molecular formula is C20H27N3O3. The molecule has 0 aliphatic heterocycles. The van der Waals surface area contributed by atoms with Crippen molar-refractivity contribution >= 4 is 11.7 Å². The summed E-state index contributed by atoms with van der Waals surface area (Å²) in [5, 5.41) is 7.41. The first-order valence-electron chi connectivity index (χ1n) is 8.75. The second kappa shape index (κ2) is 8.65. The monoisotopic (exact) mass is 357 g/mol. The molecule has 1 aromatic carbocycles. The highest BCUT2D eigenvalue weighted by molar-refractivity contribution is 5.94. The fourth-order valence-electron chi connectivity index (χ4n) is 2.88. The van der Waals surface area contributed by atoms with Gasteiger partial charge >= 0.3 is 0 Å². The third-order valence-electron chi connectivity index (χ3n) is 4.27. The number of nitrogens with zero attached hydrogens (tertiary/aromatic N) is 2. The molecule has 0 unspecified atom stereocenters. The number of carbonyl (C=O) groups excluding carboxylic acids is 2. The van der Waals surface area contributed by atoms with Crippen molar-refractivity contribution in [3.63, 3.8) is 0 Å². The maximum atomic E-state index is 12.3. The average Bonchev–Trinajstić information content (AvgIpc) is 2.90. The Labute approximate surface area is 154 Å². The fraction of sp³-hybridized carbons (Fsp3) is 0.450. The van der Waals surface area contributed by atoms with Crippen LogP contribution in [0.15, 0.2) is 24.3 Å². The van der Waals surface area contributed by atoms with Gasteiger partial charge in [0.2, 0.25) is 5.91 Å². The normalized spacial score (nSPS) is 11.9. The number of hydrogen-bond donors (Lipinski definition) is 1. The molecule has 6 nitrogen and oxygen atoms in total. The van der Waals surface area contributed by atoms with Crippen LogP contribution in [0, 0.1) is 19.8 Å². The molecule has 0 spiro atoms. The third kappa shape index (κ3) is 5.18. The van der Waals surface area contributed by atoms with E-state index in [4.69, 9.17) is 4.74 Å². The van der Waals surface area contributed by atoms with E-state index < -0.39 is 0 Å². The number of methoxy groups -OCH3 is 1. The highest BCUT2D eigenvalue weighted by Gasteiger charge is 2.13. The predicted octanol–water partition coefficient (Wildman–Crippen LogP) is 2.71. The number of carbonyl (C=O) groups is 2. The first-order valence-corrected chi connectivity index (χ1v) is 8.75. The smallest absolute Gasteiger partial charge is 0.224 e. The Hall–Kier alpha value is -2.63. The number of aromatic nitrogens is 2. The summed E-state index contributed by atoms with van der Waals surface area (Å²) in [7, 11) is 1.56. The molecule has 2 aromatic rings. The van der Waals surface area contributed by atoms with Crippen LogP contribution in [0.1, 0.15) is 41.2 Å². The van der Waals surface area contributed by atoms with E-state index in [1.54, 1.807) is 25.3 Å². The van der Waals surface area contributed by atoms with Gasteiger partial charge < -0.3 is 10.1 Å². The number of ether oxygens (including phenoxy) is 1. The summed E-state index contributed by atoms with van der Waals surface area (Å²) < 4.78 is 7.26. The Kier molecular flexibility index (Phi) is 6.55. The minimum Gasteiger partial charge on any atom is -0.496 e. The lowest BCUT2D eigenvalue weighted by molar-refractivity contribution is -0.120. The van der Waals surface area contributed by atoms with E-state index in [1.165, 1.54) is 6.92 Å². The summed E-state index contributed by atoms with van der Waals surface area (Å²) in [5.74, 6) is 0.736. The van der Waals surface area contributed by atoms with Crippen molar-refractivity contribution in [3.05, 3.63) is 46.8 Å². The lowest BCUT2D eigenvalue weighted by Gasteiger charge is -2.15. The van der Waals surface area contributed by atoms with Gasteiger partial charge in [-0.2, -0.15) is 5.10 Å². The van der Waals surface area contributed by atoms with E-state index in [0.29, 0.717) is 23.4 Å². The molecule has 26 heavy (non-hydrogen) atoms. The minimum atomic E-state index is -0.0933. The Morgan fingerprint density at radius 3 is 2.58 bits per heavy atom. The van der Waals surface area contributed by atoms with Gasteiger partial charge in [0, 0.05) is 29.9 Å². The van der Waals surface area contributed by atoms with Gasteiger partial charge in [0.25, 0.3) is 0 Å². The second-order valence-corrected chi connectivity index (χ2v) is 6.78. The summed E-state index contributed by atoms with van der Waals surface area (Å²) >= 11 is 0. The number of amides is 1. The summed E-state index contributed by atoms with van der Waals surface area (Å²) in [6.07, 6.45) is 0.177. The number of Topliss-reactive ketones (excluding diaryl/α,β-unsaturated/α-hetero) is 1. The molecule has 1 aromatic heterocycles. The number of nitrogens with one attached hydrogen (secondary N) is 1. The highest BCUT2D eigenvalue weighted by Crippen LogP contribution is 2.21. The Morgan fingerprint density at radius 1 is 1.27 bits per heavy atom. The maximum Gasteiger partial charge on any atom is 0.224 e. The van der Waals surface area contributed by atoms with Gasteiger partial charge in [-0.1, -0.05) is 6.92 Å². The molecule has 0 radical (unpaired) electrons. The lowest BCUT2D eigenvalue weighted by atomic mass is 10.0. The van der Waals surface area contributed by atoms with Crippen molar-refractivity contribution in [3.8, 4) is 5.75 Å². The quantitative estimate of drug-likeness (QED) is 0.737. The molecule has 1 atom stereocenters. The zero-order valence-electron chi connectivity index (χ0n) is 16.1. The van der Waals surface area contributed by atoms with Crippen LogP contribution in [0.5, 0.6) is 5.75 Å². The predicted molar refractivity (Wildman–Crippen MR) is 101 cm³/mol. The van der Waals surface area contributed by atoms with Gasteiger partial charge in [-0.05, 0) is 51.0 Å². The molecule has 6 heteroatoms. The van der Waals surface area contributed by atoms with Gasteiger partial charge in [-0.3, -0.25) is 14.3 Å². The fourth-order valence-corrected chi connectivity index (χ4v) is 2.88. The van der Waals surface area contributed by atoms with Crippen LogP contribution in [0.4, 0.5) is 0 Å². The van der Waals surface area contributed by atoms with Gasteiger partial charge in [0.05, 0.1) is 19.2 Å². The van der Waals surface area contributed by atoms with E-state index in [0.717, 1.165) is 17.9 Å². The van der Waals surface area contributed by atoms with Crippen LogP contribution >= 0.6 is 0 Å². The van der Waals surface area contributed by atoms with Crippen molar-refractivity contribution in [1.29, 1.82) is 0 Å². The number of aryl methyl sites for hydroxylation is 2. The highest BCUT2D eigenvalue weighted by atomic mass is 16.5. The lowest BCUT2D eigenvalue weighted by Crippen LogP contribution is -2.31. The first kappa shape index (κ1) is 19.7. The molecule has 1 amide bonds. The van der Waals surface area contributed by atoms with Crippen molar-refractivity contribution in [2.75, 3.05) is 13.7 Å². The number of hydrogen-bond acceptors (Lipinski definition) is 4. The SMILES string of the molecule is COc1ccc(C(C)=O)cc1CC(=O)NC[C@H](C)Cn1nc(C)cc1C. The van der Waals surface area contributed by atoms with E-state index in [9.17, 15) is 9.59 Å². The van der Waals surface area contributed by atoms with Crippen molar-refractivity contribution in [2.24, 2.45) is 5.92 Å². The molecule has 0 fully saturated rings. The van der Waals surface area contributed by atoms with E-state index in [1.807, 2.05) is 24.6 Å². The van der Waals surface area contributed by atoms with E-state index in [2.05, 4.69) is 17.3 Å². The van der Waals surface area contributed by atoms with Gasteiger partial charge in [0.15, 0.2) is 5.78 Å². The Morgan fingerprint density at radius 2 is 2.00 bits per heavy atom. The number of ketones is 1. The zero-order valence-corrected chi connectivity index (χ0v) is 16.1. The van der Waals surface area contributed by atoms with Crippen LogP contribution in [-0.2, 0) is 17.8 Å². The average molecular weight is 357 g/mol. The Balaban J connectivity index is 1.93. The Bertz CT molecular complexity index is 796.